The number of ether oxygens (including phenoxy) is 2. The molecule has 1 N–H and O–H groups in total. The van der Waals surface area contributed by atoms with Gasteiger partial charge in [-0.3, -0.25) is 14.6 Å². The topological polar surface area (TPSA) is 77.5 Å². The van der Waals surface area contributed by atoms with Gasteiger partial charge >= 0.3 is 5.97 Å². The Hall–Kier alpha value is -2.12. The van der Waals surface area contributed by atoms with Crippen molar-refractivity contribution in [2.75, 3.05) is 13.7 Å². The number of amides is 1. The fraction of sp³-hybridized carbons (Fsp3) is 0.188. The first kappa shape index (κ1) is 18.2. The number of benzene rings is 1. The average Bonchev–Trinajstić information content (AvgIpc) is 2.58. The third-order valence-corrected chi connectivity index (χ3v) is 3.82. The summed E-state index contributed by atoms with van der Waals surface area (Å²) in [5.41, 5.74) is 0.924. The zero-order valence-electron chi connectivity index (χ0n) is 12.7. The summed E-state index contributed by atoms with van der Waals surface area (Å²) in [7, 11) is 1.57. The number of hydrogen-bond acceptors (Lipinski definition) is 5. The Morgan fingerprint density at radius 2 is 2.08 bits per heavy atom. The van der Waals surface area contributed by atoms with Crippen molar-refractivity contribution in [1.29, 1.82) is 0 Å². The molecular weight excluding hydrogens is 400 g/mol. The fourth-order valence-corrected chi connectivity index (χ4v) is 2.53. The number of rotatable bonds is 6. The second-order valence-electron chi connectivity index (χ2n) is 4.67. The molecule has 0 spiro atoms. The van der Waals surface area contributed by atoms with Crippen LogP contribution in [0.15, 0.2) is 41.0 Å². The van der Waals surface area contributed by atoms with Gasteiger partial charge < -0.3 is 14.8 Å². The molecule has 0 saturated carbocycles. The summed E-state index contributed by atoms with van der Waals surface area (Å²) in [5, 5.41) is 2.82. The third kappa shape index (κ3) is 5.21. The molecule has 24 heavy (non-hydrogen) atoms. The zero-order chi connectivity index (χ0) is 17.5. The normalized spacial score (nSPS) is 10.1. The van der Waals surface area contributed by atoms with Crippen molar-refractivity contribution in [3.8, 4) is 5.75 Å². The van der Waals surface area contributed by atoms with Gasteiger partial charge in [0.2, 0.25) is 0 Å². The van der Waals surface area contributed by atoms with E-state index in [4.69, 9.17) is 21.1 Å². The first-order chi connectivity index (χ1) is 11.5. The second-order valence-corrected chi connectivity index (χ2v) is 5.96. The van der Waals surface area contributed by atoms with Crippen LogP contribution >= 0.6 is 27.5 Å². The van der Waals surface area contributed by atoms with Crippen molar-refractivity contribution < 1.29 is 19.1 Å². The summed E-state index contributed by atoms with van der Waals surface area (Å²) < 4.78 is 11.0. The van der Waals surface area contributed by atoms with Crippen LogP contribution in [0.4, 0.5) is 0 Å². The van der Waals surface area contributed by atoms with E-state index in [1.165, 1.54) is 12.3 Å². The number of esters is 1. The predicted molar refractivity (Wildman–Crippen MR) is 92.1 cm³/mol. The van der Waals surface area contributed by atoms with E-state index in [2.05, 4.69) is 26.2 Å². The van der Waals surface area contributed by atoms with E-state index in [1.807, 2.05) is 0 Å². The molecule has 0 bridgehead atoms. The minimum atomic E-state index is -0.558. The highest BCUT2D eigenvalue weighted by Crippen LogP contribution is 2.25. The van der Waals surface area contributed by atoms with Gasteiger partial charge in [-0.2, -0.15) is 0 Å². The molecule has 0 fully saturated rings. The Morgan fingerprint density at radius 3 is 2.75 bits per heavy atom. The maximum Gasteiger partial charge on any atom is 0.325 e. The van der Waals surface area contributed by atoms with Gasteiger partial charge in [0, 0.05) is 11.2 Å². The molecule has 0 aliphatic carbocycles. The number of hydrogen-bond donors (Lipinski definition) is 1. The predicted octanol–water partition coefficient (Wildman–Crippen LogP) is 2.98. The quantitative estimate of drug-likeness (QED) is 0.737. The Labute approximate surface area is 152 Å². The Balaban J connectivity index is 1.81. The summed E-state index contributed by atoms with van der Waals surface area (Å²) in [5.74, 6) is -0.370. The van der Waals surface area contributed by atoms with Crippen LogP contribution in [0.25, 0.3) is 0 Å². The van der Waals surface area contributed by atoms with Gasteiger partial charge in [-0.15, -0.1) is 0 Å². The van der Waals surface area contributed by atoms with Gasteiger partial charge in [0.1, 0.15) is 24.6 Å². The summed E-state index contributed by atoms with van der Waals surface area (Å²) in [6, 6.07) is 8.31. The standard InChI is InChI=1S/C16H14BrClN2O4/c1-23-14-3-2-10(6-12(14)17)9-24-15(21)8-20-16(22)13-7-11(18)4-5-19-13/h2-7H,8-9H2,1H3,(H,20,22). The molecule has 0 radical (unpaired) electrons. The van der Waals surface area contributed by atoms with E-state index in [9.17, 15) is 9.59 Å². The van der Waals surface area contributed by atoms with Crippen molar-refractivity contribution >= 4 is 39.4 Å². The van der Waals surface area contributed by atoms with Gasteiger partial charge in [-0.25, -0.2) is 0 Å². The first-order valence-electron chi connectivity index (χ1n) is 6.87. The van der Waals surface area contributed by atoms with Crippen LogP contribution in [-0.2, 0) is 16.1 Å². The molecule has 8 heteroatoms. The number of pyridine rings is 1. The zero-order valence-corrected chi connectivity index (χ0v) is 15.1. The molecule has 1 amide bonds. The molecule has 0 aliphatic heterocycles. The van der Waals surface area contributed by atoms with Crippen LogP contribution in [-0.4, -0.2) is 30.5 Å². The lowest BCUT2D eigenvalue weighted by Crippen LogP contribution is -2.31. The molecular formula is C16H14BrClN2O4. The molecule has 0 saturated heterocycles. The summed E-state index contributed by atoms with van der Waals surface area (Å²) in [6.07, 6.45) is 1.41. The van der Waals surface area contributed by atoms with E-state index in [1.54, 1.807) is 31.4 Å². The van der Waals surface area contributed by atoms with Gasteiger partial charge in [0.05, 0.1) is 11.6 Å². The maximum atomic E-state index is 11.8. The van der Waals surface area contributed by atoms with Gasteiger partial charge in [0.15, 0.2) is 0 Å². The summed E-state index contributed by atoms with van der Waals surface area (Å²) >= 11 is 9.13. The Morgan fingerprint density at radius 1 is 1.29 bits per heavy atom. The number of carbonyl (C=O) groups is 2. The minimum Gasteiger partial charge on any atom is -0.496 e. The molecule has 6 nitrogen and oxygen atoms in total. The van der Waals surface area contributed by atoms with Crippen molar-refractivity contribution in [3.63, 3.8) is 0 Å². The average molecular weight is 414 g/mol. The molecule has 0 aliphatic rings. The van der Waals surface area contributed by atoms with Crippen LogP contribution in [0.1, 0.15) is 16.1 Å². The van der Waals surface area contributed by atoms with Crippen molar-refractivity contribution in [1.82, 2.24) is 10.3 Å². The lowest BCUT2D eigenvalue weighted by atomic mass is 10.2. The van der Waals surface area contributed by atoms with Gasteiger partial charge in [-0.05, 0) is 45.8 Å². The number of nitrogens with zero attached hydrogens (tertiary/aromatic N) is 1. The van der Waals surface area contributed by atoms with Crippen LogP contribution in [0.2, 0.25) is 5.02 Å². The van der Waals surface area contributed by atoms with Crippen LogP contribution in [0.5, 0.6) is 5.75 Å². The summed E-state index contributed by atoms with van der Waals surface area (Å²) in [4.78, 5) is 27.4. The SMILES string of the molecule is COc1ccc(COC(=O)CNC(=O)c2cc(Cl)ccn2)cc1Br. The molecule has 2 aromatic rings. The van der Waals surface area contributed by atoms with E-state index in [-0.39, 0.29) is 18.8 Å². The Kier molecular flexibility index (Phi) is 6.57. The monoisotopic (exact) mass is 412 g/mol. The van der Waals surface area contributed by atoms with Crippen molar-refractivity contribution in [2.45, 2.75) is 6.61 Å². The number of nitrogens with one attached hydrogen (secondary N) is 1. The maximum absolute atomic E-state index is 11.8. The van der Waals surface area contributed by atoms with E-state index < -0.39 is 11.9 Å². The van der Waals surface area contributed by atoms with Crippen molar-refractivity contribution in [3.05, 3.63) is 57.3 Å². The third-order valence-electron chi connectivity index (χ3n) is 2.96. The molecule has 2 rings (SSSR count). The molecule has 1 aromatic carbocycles. The molecule has 0 unspecified atom stereocenters. The lowest BCUT2D eigenvalue weighted by molar-refractivity contribution is -0.143. The number of halogens is 2. The smallest absolute Gasteiger partial charge is 0.325 e. The number of aromatic nitrogens is 1. The van der Waals surface area contributed by atoms with Crippen LogP contribution < -0.4 is 10.1 Å². The minimum absolute atomic E-state index is 0.0900. The van der Waals surface area contributed by atoms with E-state index >= 15 is 0 Å². The molecule has 0 atom stereocenters. The largest absolute Gasteiger partial charge is 0.496 e. The highest BCUT2D eigenvalue weighted by molar-refractivity contribution is 9.10. The van der Waals surface area contributed by atoms with Crippen molar-refractivity contribution in [2.24, 2.45) is 0 Å². The van der Waals surface area contributed by atoms with Gasteiger partial charge in [0.25, 0.3) is 5.91 Å². The number of carbonyl (C=O) groups excluding carboxylic acids is 2. The van der Waals surface area contributed by atoms with Gasteiger partial charge in [-0.1, -0.05) is 17.7 Å². The highest BCUT2D eigenvalue weighted by atomic mass is 79.9. The highest BCUT2D eigenvalue weighted by Gasteiger charge is 2.11. The fourth-order valence-electron chi connectivity index (χ4n) is 1.79. The molecule has 1 heterocycles. The Bertz CT molecular complexity index is 755. The number of methoxy groups -OCH3 is 1. The first-order valence-corrected chi connectivity index (χ1v) is 8.04. The second kappa shape index (κ2) is 8.65. The molecule has 1 aromatic heterocycles. The van der Waals surface area contributed by atoms with E-state index in [0.717, 1.165) is 10.0 Å². The van der Waals surface area contributed by atoms with Crippen LogP contribution in [0.3, 0.4) is 0 Å². The molecule has 126 valence electrons. The van der Waals surface area contributed by atoms with E-state index in [0.29, 0.717) is 10.8 Å². The summed E-state index contributed by atoms with van der Waals surface area (Å²) in [6.45, 7) is -0.170. The lowest BCUT2D eigenvalue weighted by Gasteiger charge is -2.08. The van der Waals surface area contributed by atoms with Crippen LogP contribution in [0, 0.1) is 0 Å².